The fraction of sp³-hybridized carbons (Fsp3) is 0.391. The van der Waals surface area contributed by atoms with Crippen LogP contribution in [-0.4, -0.2) is 35.3 Å². The van der Waals surface area contributed by atoms with Crippen LogP contribution in [0.2, 0.25) is 10.0 Å². The molecule has 4 nitrogen and oxygen atoms in total. The second-order valence-electron chi connectivity index (χ2n) is 7.23. The van der Waals surface area contributed by atoms with Crippen LogP contribution in [0.3, 0.4) is 0 Å². The van der Waals surface area contributed by atoms with Crippen LogP contribution in [0.1, 0.15) is 38.3 Å². The molecule has 29 heavy (non-hydrogen) atoms. The van der Waals surface area contributed by atoms with Gasteiger partial charge in [-0.2, -0.15) is 0 Å². The Bertz CT molecular complexity index is 827. The van der Waals surface area contributed by atoms with Crippen LogP contribution in [0, 0.1) is 0 Å². The second-order valence-corrected chi connectivity index (χ2v) is 8.07. The SMILES string of the molecule is CC[C@@H](C)NC(=O)[C@@H](C)N(CCc1ccccc1)C(=O)Cc1ccc(Cl)cc1Cl. The van der Waals surface area contributed by atoms with E-state index in [1.807, 2.05) is 44.2 Å². The van der Waals surface area contributed by atoms with Crippen LogP contribution in [0.15, 0.2) is 48.5 Å². The summed E-state index contributed by atoms with van der Waals surface area (Å²) in [4.78, 5) is 27.4. The molecular formula is C23H28Cl2N2O2. The first-order chi connectivity index (χ1) is 13.8. The standard InChI is InChI=1S/C23H28Cl2N2O2/c1-4-16(2)26-23(29)17(3)27(13-12-18-8-6-5-7-9-18)22(28)14-19-10-11-20(24)15-21(19)25/h5-11,15-17H,4,12-14H2,1-3H3,(H,26,29)/t16-,17-/m1/s1. The first kappa shape index (κ1) is 23.2. The van der Waals surface area contributed by atoms with Crippen molar-refractivity contribution < 1.29 is 9.59 Å². The molecule has 2 atom stereocenters. The monoisotopic (exact) mass is 434 g/mol. The molecule has 2 aromatic carbocycles. The summed E-state index contributed by atoms with van der Waals surface area (Å²) >= 11 is 12.2. The molecule has 0 saturated heterocycles. The second kappa shape index (κ2) is 11.2. The third-order valence-corrected chi connectivity index (χ3v) is 5.60. The predicted octanol–water partition coefficient (Wildman–Crippen LogP) is 4.91. The minimum atomic E-state index is -0.578. The minimum Gasteiger partial charge on any atom is -0.352 e. The van der Waals surface area contributed by atoms with Gasteiger partial charge in [-0.3, -0.25) is 9.59 Å². The van der Waals surface area contributed by atoms with Crippen LogP contribution in [0.25, 0.3) is 0 Å². The molecule has 2 aromatic rings. The number of benzene rings is 2. The summed E-state index contributed by atoms with van der Waals surface area (Å²) in [7, 11) is 0. The maximum atomic E-state index is 13.1. The topological polar surface area (TPSA) is 49.4 Å². The lowest BCUT2D eigenvalue weighted by Gasteiger charge is -2.30. The molecule has 0 heterocycles. The number of halogens is 2. The van der Waals surface area contributed by atoms with E-state index in [0.717, 1.165) is 12.0 Å². The zero-order valence-electron chi connectivity index (χ0n) is 17.1. The van der Waals surface area contributed by atoms with Crippen molar-refractivity contribution in [1.82, 2.24) is 10.2 Å². The van der Waals surface area contributed by atoms with Crippen molar-refractivity contribution in [3.63, 3.8) is 0 Å². The molecule has 0 bridgehead atoms. The van der Waals surface area contributed by atoms with Crippen molar-refractivity contribution in [2.45, 2.75) is 52.1 Å². The molecule has 2 amide bonds. The van der Waals surface area contributed by atoms with E-state index in [0.29, 0.717) is 28.6 Å². The summed E-state index contributed by atoms with van der Waals surface area (Å²) < 4.78 is 0. The van der Waals surface area contributed by atoms with Crippen LogP contribution in [0.5, 0.6) is 0 Å². The van der Waals surface area contributed by atoms with E-state index in [9.17, 15) is 9.59 Å². The average molecular weight is 435 g/mol. The number of carbonyl (C=O) groups excluding carboxylic acids is 2. The molecule has 0 fully saturated rings. The molecule has 0 radical (unpaired) electrons. The fourth-order valence-electron chi connectivity index (χ4n) is 2.97. The summed E-state index contributed by atoms with van der Waals surface area (Å²) in [6, 6.07) is 14.5. The Morgan fingerprint density at radius 1 is 1.07 bits per heavy atom. The van der Waals surface area contributed by atoms with Gasteiger partial charge in [0.05, 0.1) is 6.42 Å². The van der Waals surface area contributed by atoms with Crippen LogP contribution < -0.4 is 5.32 Å². The van der Waals surface area contributed by atoms with Crippen molar-refractivity contribution >= 4 is 35.0 Å². The van der Waals surface area contributed by atoms with Gasteiger partial charge < -0.3 is 10.2 Å². The van der Waals surface area contributed by atoms with Gasteiger partial charge in [0, 0.05) is 22.6 Å². The number of nitrogens with zero attached hydrogens (tertiary/aromatic N) is 1. The maximum absolute atomic E-state index is 13.1. The van der Waals surface area contributed by atoms with Crippen LogP contribution in [-0.2, 0) is 22.4 Å². The molecule has 0 aromatic heterocycles. The van der Waals surface area contributed by atoms with E-state index in [4.69, 9.17) is 23.2 Å². The van der Waals surface area contributed by atoms with Crippen molar-refractivity contribution in [2.75, 3.05) is 6.54 Å². The highest BCUT2D eigenvalue weighted by molar-refractivity contribution is 6.35. The summed E-state index contributed by atoms with van der Waals surface area (Å²) in [5.41, 5.74) is 1.81. The smallest absolute Gasteiger partial charge is 0.242 e. The van der Waals surface area contributed by atoms with Crippen molar-refractivity contribution in [2.24, 2.45) is 0 Å². The molecule has 6 heteroatoms. The number of carbonyl (C=O) groups is 2. The van der Waals surface area contributed by atoms with Gasteiger partial charge >= 0.3 is 0 Å². The highest BCUT2D eigenvalue weighted by Gasteiger charge is 2.26. The van der Waals surface area contributed by atoms with Gasteiger partial charge in [-0.1, -0.05) is 66.5 Å². The molecule has 0 aliphatic rings. The fourth-order valence-corrected chi connectivity index (χ4v) is 3.44. The molecule has 1 N–H and O–H groups in total. The Hall–Kier alpha value is -2.04. The molecule has 0 unspecified atom stereocenters. The Balaban J connectivity index is 2.17. The summed E-state index contributed by atoms with van der Waals surface area (Å²) in [5.74, 6) is -0.292. The third-order valence-electron chi connectivity index (χ3n) is 5.01. The normalized spacial score (nSPS) is 12.9. The third kappa shape index (κ3) is 7.06. The molecule has 2 rings (SSSR count). The van der Waals surface area contributed by atoms with Crippen molar-refractivity contribution in [3.05, 3.63) is 69.7 Å². The average Bonchev–Trinajstić information content (AvgIpc) is 2.70. The number of rotatable bonds is 9. The first-order valence-corrected chi connectivity index (χ1v) is 10.6. The molecule has 0 aliphatic carbocycles. The van der Waals surface area contributed by atoms with E-state index in [1.165, 1.54) is 0 Å². The van der Waals surface area contributed by atoms with Crippen LogP contribution in [0.4, 0.5) is 0 Å². The van der Waals surface area contributed by atoms with Gasteiger partial charge in [0.2, 0.25) is 11.8 Å². The van der Waals surface area contributed by atoms with Crippen molar-refractivity contribution in [1.29, 1.82) is 0 Å². The first-order valence-electron chi connectivity index (χ1n) is 9.89. The van der Waals surface area contributed by atoms with E-state index in [1.54, 1.807) is 30.0 Å². The highest BCUT2D eigenvalue weighted by Crippen LogP contribution is 2.22. The Labute approximate surface area is 183 Å². The minimum absolute atomic E-state index is 0.0572. The number of hydrogen-bond acceptors (Lipinski definition) is 2. The van der Waals surface area contributed by atoms with Crippen LogP contribution >= 0.6 is 23.2 Å². The molecule has 0 aliphatic heterocycles. The lowest BCUT2D eigenvalue weighted by atomic mass is 10.1. The quantitative estimate of drug-likeness (QED) is 0.609. The molecular weight excluding hydrogens is 407 g/mol. The Kier molecular flexibility index (Phi) is 8.99. The molecule has 156 valence electrons. The van der Waals surface area contributed by atoms with E-state index >= 15 is 0 Å². The van der Waals surface area contributed by atoms with E-state index in [-0.39, 0.29) is 24.3 Å². The summed E-state index contributed by atoms with van der Waals surface area (Å²) in [5, 5.41) is 3.94. The summed E-state index contributed by atoms with van der Waals surface area (Å²) in [6.45, 7) is 6.18. The number of nitrogens with one attached hydrogen (secondary N) is 1. The Morgan fingerprint density at radius 3 is 2.38 bits per heavy atom. The summed E-state index contributed by atoms with van der Waals surface area (Å²) in [6.07, 6.45) is 1.62. The largest absolute Gasteiger partial charge is 0.352 e. The van der Waals surface area contributed by atoms with Gasteiger partial charge in [-0.25, -0.2) is 0 Å². The number of hydrogen-bond donors (Lipinski definition) is 1. The molecule has 0 spiro atoms. The van der Waals surface area contributed by atoms with Gasteiger partial charge in [-0.05, 0) is 49.9 Å². The van der Waals surface area contributed by atoms with Crippen molar-refractivity contribution in [3.8, 4) is 0 Å². The van der Waals surface area contributed by atoms with E-state index < -0.39 is 6.04 Å². The van der Waals surface area contributed by atoms with Gasteiger partial charge in [0.25, 0.3) is 0 Å². The van der Waals surface area contributed by atoms with Gasteiger partial charge in [-0.15, -0.1) is 0 Å². The maximum Gasteiger partial charge on any atom is 0.242 e. The molecule has 0 saturated carbocycles. The van der Waals surface area contributed by atoms with E-state index in [2.05, 4.69) is 5.32 Å². The van der Waals surface area contributed by atoms with Gasteiger partial charge in [0.1, 0.15) is 6.04 Å². The zero-order valence-corrected chi connectivity index (χ0v) is 18.6. The van der Waals surface area contributed by atoms with Gasteiger partial charge in [0.15, 0.2) is 0 Å². The highest BCUT2D eigenvalue weighted by atomic mass is 35.5. The number of amides is 2. The lowest BCUT2D eigenvalue weighted by Crippen LogP contribution is -2.50. The predicted molar refractivity (Wildman–Crippen MR) is 119 cm³/mol. The lowest BCUT2D eigenvalue weighted by molar-refractivity contribution is -0.139. The Morgan fingerprint density at radius 2 is 1.76 bits per heavy atom. The zero-order chi connectivity index (χ0) is 21.4.